The molecule has 0 spiro atoms. The van der Waals surface area contributed by atoms with Crippen LogP contribution in [0.25, 0.3) is 0 Å². The molecule has 0 aliphatic carbocycles. The van der Waals surface area contributed by atoms with Crippen LogP contribution in [0.15, 0.2) is 24.3 Å². The molecule has 1 aromatic rings. The van der Waals surface area contributed by atoms with E-state index in [1.165, 1.54) is 0 Å². The lowest BCUT2D eigenvalue weighted by molar-refractivity contribution is 0.0624. The quantitative estimate of drug-likeness (QED) is 0.777. The van der Waals surface area contributed by atoms with Crippen molar-refractivity contribution >= 4 is 5.91 Å². The lowest BCUT2D eigenvalue weighted by atomic mass is 10.1. The average Bonchev–Trinajstić information content (AvgIpc) is 2.46. The van der Waals surface area contributed by atoms with Crippen molar-refractivity contribution in [2.75, 3.05) is 19.8 Å². The Labute approximate surface area is 112 Å². The predicted octanol–water partition coefficient (Wildman–Crippen LogP) is 0.939. The molecule has 1 unspecified atom stereocenters. The number of ether oxygens (including phenoxy) is 1. The first kappa shape index (κ1) is 13.6. The fourth-order valence-electron chi connectivity index (χ4n) is 1.97. The van der Waals surface area contributed by atoms with Crippen molar-refractivity contribution in [1.29, 1.82) is 0 Å². The number of carbonyl (C=O) groups excluding carboxylic acids is 1. The predicted molar refractivity (Wildman–Crippen MR) is 71.7 cm³/mol. The Hall–Kier alpha value is -1.83. The van der Waals surface area contributed by atoms with Gasteiger partial charge in [-0.1, -0.05) is 11.8 Å². The van der Waals surface area contributed by atoms with E-state index >= 15 is 0 Å². The highest BCUT2D eigenvalue weighted by molar-refractivity contribution is 5.94. The molecule has 1 saturated heterocycles. The smallest absolute Gasteiger partial charge is 0.251 e. The van der Waals surface area contributed by atoms with Gasteiger partial charge in [-0.2, -0.15) is 0 Å². The Morgan fingerprint density at radius 3 is 2.84 bits per heavy atom. The standard InChI is InChI=1S/C15H17NO3/c17-9-1-3-12-5-7-13(8-6-12)15(18)16-14-4-2-10-19-11-14/h5-8,14,17H,2,4,9-11H2,(H,16,18). The third-order valence-electron chi connectivity index (χ3n) is 2.95. The van der Waals surface area contributed by atoms with Gasteiger partial charge in [0.2, 0.25) is 0 Å². The summed E-state index contributed by atoms with van der Waals surface area (Å²) in [4.78, 5) is 12.0. The molecule has 0 saturated carbocycles. The number of aliphatic hydroxyl groups excluding tert-OH is 1. The molecule has 4 heteroatoms. The molecule has 0 aromatic heterocycles. The van der Waals surface area contributed by atoms with Crippen molar-refractivity contribution < 1.29 is 14.6 Å². The van der Waals surface area contributed by atoms with Gasteiger partial charge in [0, 0.05) is 17.7 Å². The van der Waals surface area contributed by atoms with E-state index in [1.54, 1.807) is 24.3 Å². The third-order valence-corrected chi connectivity index (χ3v) is 2.95. The van der Waals surface area contributed by atoms with E-state index in [-0.39, 0.29) is 18.6 Å². The Kier molecular flexibility index (Phi) is 4.96. The number of benzene rings is 1. The second-order valence-electron chi connectivity index (χ2n) is 4.42. The number of hydrogen-bond acceptors (Lipinski definition) is 3. The van der Waals surface area contributed by atoms with Crippen LogP contribution in [0.4, 0.5) is 0 Å². The fraction of sp³-hybridized carbons (Fsp3) is 0.400. The maximum absolute atomic E-state index is 12.0. The normalized spacial score (nSPS) is 18.3. The van der Waals surface area contributed by atoms with Crippen LogP contribution in [0, 0.1) is 11.8 Å². The van der Waals surface area contributed by atoms with Crippen LogP contribution in [0.5, 0.6) is 0 Å². The van der Waals surface area contributed by atoms with Gasteiger partial charge in [0.05, 0.1) is 12.6 Å². The molecule has 2 rings (SSSR count). The third kappa shape index (κ3) is 4.09. The van der Waals surface area contributed by atoms with Crippen molar-refractivity contribution in [1.82, 2.24) is 5.32 Å². The first-order valence-corrected chi connectivity index (χ1v) is 6.38. The minimum Gasteiger partial charge on any atom is -0.384 e. The summed E-state index contributed by atoms with van der Waals surface area (Å²) in [6.45, 7) is 1.21. The Bertz CT molecular complexity index is 478. The molecular weight excluding hydrogens is 242 g/mol. The summed E-state index contributed by atoms with van der Waals surface area (Å²) in [7, 11) is 0. The van der Waals surface area contributed by atoms with E-state index < -0.39 is 0 Å². The molecule has 0 bridgehead atoms. The average molecular weight is 259 g/mol. The molecule has 19 heavy (non-hydrogen) atoms. The molecule has 100 valence electrons. The summed E-state index contributed by atoms with van der Waals surface area (Å²) in [6.07, 6.45) is 1.95. The van der Waals surface area contributed by atoms with Gasteiger partial charge >= 0.3 is 0 Å². The van der Waals surface area contributed by atoms with Crippen LogP contribution in [0.1, 0.15) is 28.8 Å². The molecule has 1 fully saturated rings. The summed E-state index contributed by atoms with van der Waals surface area (Å²) in [6, 6.07) is 7.13. The Morgan fingerprint density at radius 1 is 1.42 bits per heavy atom. The van der Waals surface area contributed by atoms with E-state index in [0.717, 1.165) is 25.0 Å². The monoisotopic (exact) mass is 259 g/mol. The fourth-order valence-corrected chi connectivity index (χ4v) is 1.97. The summed E-state index contributed by atoms with van der Waals surface area (Å²) in [5, 5.41) is 11.6. The minimum atomic E-state index is -0.163. The van der Waals surface area contributed by atoms with Crippen molar-refractivity contribution in [3.8, 4) is 11.8 Å². The number of aliphatic hydroxyl groups is 1. The van der Waals surface area contributed by atoms with Crippen LogP contribution in [0.3, 0.4) is 0 Å². The molecule has 1 aromatic carbocycles. The lowest BCUT2D eigenvalue weighted by Crippen LogP contribution is -2.40. The van der Waals surface area contributed by atoms with Crippen LogP contribution < -0.4 is 5.32 Å². The summed E-state index contributed by atoms with van der Waals surface area (Å²) in [5.41, 5.74) is 1.40. The van der Waals surface area contributed by atoms with Crippen molar-refractivity contribution in [2.24, 2.45) is 0 Å². The highest BCUT2D eigenvalue weighted by Crippen LogP contribution is 2.08. The van der Waals surface area contributed by atoms with Gasteiger partial charge < -0.3 is 15.2 Å². The molecular formula is C15H17NO3. The van der Waals surface area contributed by atoms with Crippen molar-refractivity contribution in [3.63, 3.8) is 0 Å². The van der Waals surface area contributed by atoms with E-state index in [0.29, 0.717) is 12.2 Å². The second kappa shape index (κ2) is 6.93. The van der Waals surface area contributed by atoms with E-state index in [1.807, 2.05) is 0 Å². The molecule has 1 aliphatic heterocycles. The topological polar surface area (TPSA) is 58.6 Å². The number of rotatable bonds is 2. The van der Waals surface area contributed by atoms with Crippen molar-refractivity contribution in [3.05, 3.63) is 35.4 Å². The lowest BCUT2D eigenvalue weighted by Gasteiger charge is -2.23. The molecule has 0 radical (unpaired) electrons. The van der Waals surface area contributed by atoms with Gasteiger partial charge in [0.15, 0.2) is 0 Å². The van der Waals surface area contributed by atoms with Gasteiger partial charge in [-0.3, -0.25) is 4.79 Å². The van der Waals surface area contributed by atoms with Crippen LogP contribution in [0.2, 0.25) is 0 Å². The van der Waals surface area contributed by atoms with E-state index in [4.69, 9.17) is 9.84 Å². The highest BCUT2D eigenvalue weighted by atomic mass is 16.5. The van der Waals surface area contributed by atoms with E-state index in [9.17, 15) is 4.79 Å². The zero-order valence-electron chi connectivity index (χ0n) is 10.7. The Balaban J connectivity index is 1.95. The highest BCUT2D eigenvalue weighted by Gasteiger charge is 2.16. The van der Waals surface area contributed by atoms with Gasteiger partial charge in [0.1, 0.15) is 6.61 Å². The van der Waals surface area contributed by atoms with Gasteiger partial charge in [0.25, 0.3) is 5.91 Å². The summed E-state index contributed by atoms with van der Waals surface area (Å²) < 4.78 is 5.33. The van der Waals surface area contributed by atoms with Crippen LogP contribution in [-0.2, 0) is 4.74 Å². The van der Waals surface area contributed by atoms with E-state index in [2.05, 4.69) is 17.2 Å². The Morgan fingerprint density at radius 2 is 2.21 bits per heavy atom. The number of carbonyl (C=O) groups is 1. The molecule has 1 atom stereocenters. The zero-order chi connectivity index (χ0) is 13.5. The molecule has 1 aliphatic rings. The van der Waals surface area contributed by atoms with Gasteiger partial charge in [-0.15, -0.1) is 0 Å². The maximum Gasteiger partial charge on any atom is 0.251 e. The van der Waals surface area contributed by atoms with Gasteiger partial charge in [-0.05, 0) is 37.1 Å². The number of amides is 1. The van der Waals surface area contributed by atoms with Crippen molar-refractivity contribution in [2.45, 2.75) is 18.9 Å². The van der Waals surface area contributed by atoms with Gasteiger partial charge in [-0.25, -0.2) is 0 Å². The summed E-state index contributed by atoms with van der Waals surface area (Å²) in [5.74, 6) is 5.27. The molecule has 4 nitrogen and oxygen atoms in total. The largest absolute Gasteiger partial charge is 0.384 e. The molecule has 1 amide bonds. The summed E-state index contributed by atoms with van der Waals surface area (Å²) >= 11 is 0. The maximum atomic E-state index is 12.0. The van der Waals surface area contributed by atoms with Crippen LogP contribution >= 0.6 is 0 Å². The second-order valence-corrected chi connectivity index (χ2v) is 4.42. The first-order valence-electron chi connectivity index (χ1n) is 6.38. The van der Waals surface area contributed by atoms with Crippen LogP contribution in [-0.4, -0.2) is 36.9 Å². The minimum absolute atomic E-state index is 0.0860. The molecule has 1 heterocycles. The molecule has 2 N–H and O–H groups in total. The zero-order valence-corrected chi connectivity index (χ0v) is 10.7. The number of hydrogen-bond donors (Lipinski definition) is 2. The SMILES string of the molecule is O=C(NC1CCCOC1)c1ccc(C#CCO)cc1. The number of nitrogens with one attached hydrogen (secondary N) is 1. The first-order chi connectivity index (χ1) is 9.29.